The van der Waals surface area contributed by atoms with Crippen LogP contribution in [0.3, 0.4) is 0 Å². The Balaban J connectivity index is 2.02. The number of nitriles is 1. The topological polar surface area (TPSA) is 59.0 Å². The van der Waals surface area contributed by atoms with E-state index in [2.05, 4.69) is 6.07 Å². The summed E-state index contributed by atoms with van der Waals surface area (Å²) in [7, 11) is 0. The van der Waals surface area contributed by atoms with Gasteiger partial charge in [-0.3, -0.25) is 0 Å². The molecule has 90 valence electrons. The number of nitrogens with zero attached hydrogens (tertiary/aromatic N) is 1. The SMILES string of the molecule is CC(N)c1ccccc1OCC1(CC#N)CC1. The zero-order valence-corrected chi connectivity index (χ0v) is 10.1. The van der Waals surface area contributed by atoms with E-state index in [1.165, 1.54) is 0 Å². The summed E-state index contributed by atoms with van der Waals surface area (Å²) in [6.07, 6.45) is 2.79. The first-order valence-electron chi connectivity index (χ1n) is 6.01. The third-order valence-corrected chi connectivity index (χ3v) is 3.35. The van der Waals surface area contributed by atoms with Gasteiger partial charge in [-0.05, 0) is 25.8 Å². The lowest BCUT2D eigenvalue weighted by Gasteiger charge is -2.17. The summed E-state index contributed by atoms with van der Waals surface area (Å²) >= 11 is 0. The molecule has 1 unspecified atom stereocenters. The molecule has 0 amide bonds. The maximum Gasteiger partial charge on any atom is 0.124 e. The van der Waals surface area contributed by atoms with E-state index >= 15 is 0 Å². The molecular formula is C14H18N2O. The number of rotatable bonds is 5. The van der Waals surface area contributed by atoms with Crippen molar-refractivity contribution >= 4 is 0 Å². The predicted molar refractivity (Wildman–Crippen MR) is 66.4 cm³/mol. The van der Waals surface area contributed by atoms with Crippen LogP contribution in [0.2, 0.25) is 0 Å². The molecule has 17 heavy (non-hydrogen) atoms. The summed E-state index contributed by atoms with van der Waals surface area (Å²) < 4.78 is 5.85. The Kier molecular flexibility index (Phi) is 3.35. The van der Waals surface area contributed by atoms with Gasteiger partial charge in [0.2, 0.25) is 0 Å². The lowest BCUT2D eigenvalue weighted by atomic mass is 10.0. The average molecular weight is 230 g/mol. The summed E-state index contributed by atoms with van der Waals surface area (Å²) in [5.74, 6) is 0.853. The van der Waals surface area contributed by atoms with Gasteiger partial charge in [-0.1, -0.05) is 18.2 Å². The van der Waals surface area contributed by atoms with Crippen molar-refractivity contribution in [1.29, 1.82) is 5.26 Å². The predicted octanol–water partition coefficient (Wildman–Crippen LogP) is 2.78. The number of hydrogen-bond donors (Lipinski definition) is 1. The van der Waals surface area contributed by atoms with Crippen molar-refractivity contribution in [3.63, 3.8) is 0 Å². The Morgan fingerprint density at radius 2 is 2.18 bits per heavy atom. The molecule has 0 spiro atoms. The van der Waals surface area contributed by atoms with Crippen molar-refractivity contribution in [3.8, 4) is 11.8 Å². The highest BCUT2D eigenvalue weighted by Crippen LogP contribution is 2.48. The molecule has 2 N–H and O–H groups in total. The van der Waals surface area contributed by atoms with E-state index in [1.54, 1.807) is 0 Å². The van der Waals surface area contributed by atoms with Crippen LogP contribution in [0.5, 0.6) is 5.75 Å². The maximum absolute atomic E-state index is 8.76. The summed E-state index contributed by atoms with van der Waals surface area (Å²) in [5, 5.41) is 8.76. The van der Waals surface area contributed by atoms with E-state index in [9.17, 15) is 0 Å². The third-order valence-electron chi connectivity index (χ3n) is 3.35. The quantitative estimate of drug-likeness (QED) is 0.846. The highest BCUT2D eigenvalue weighted by atomic mass is 16.5. The molecule has 0 bridgehead atoms. The molecule has 0 aromatic heterocycles. The molecule has 2 rings (SSSR count). The van der Waals surface area contributed by atoms with Crippen LogP contribution in [0.25, 0.3) is 0 Å². The van der Waals surface area contributed by atoms with Crippen LogP contribution in [0, 0.1) is 16.7 Å². The fraction of sp³-hybridized carbons (Fsp3) is 0.500. The first-order valence-corrected chi connectivity index (χ1v) is 6.01. The second-order valence-corrected chi connectivity index (χ2v) is 4.95. The van der Waals surface area contributed by atoms with Crippen LogP contribution in [-0.4, -0.2) is 6.61 Å². The first kappa shape index (κ1) is 11.9. The second-order valence-electron chi connectivity index (χ2n) is 4.95. The monoisotopic (exact) mass is 230 g/mol. The Bertz CT molecular complexity index is 430. The fourth-order valence-corrected chi connectivity index (χ4v) is 1.94. The Hall–Kier alpha value is -1.53. The summed E-state index contributed by atoms with van der Waals surface area (Å²) in [4.78, 5) is 0. The molecule has 0 aliphatic heterocycles. The molecule has 0 saturated heterocycles. The molecule has 1 aliphatic rings. The van der Waals surface area contributed by atoms with Gasteiger partial charge < -0.3 is 10.5 Å². The molecule has 1 aromatic carbocycles. The van der Waals surface area contributed by atoms with Crippen LogP contribution in [-0.2, 0) is 0 Å². The van der Waals surface area contributed by atoms with Gasteiger partial charge in [-0.15, -0.1) is 0 Å². The van der Waals surface area contributed by atoms with E-state index in [0.717, 1.165) is 24.2 Å². The molecule has 1 atom stereocenters. The Morgan fingerprint density at radius 3 is 2.76 bits per heavy atom. The van der Waals surface area contributed by atoms with Crippen molar-refractivity contribution in [3.05, 3.63) is 29.8 Å². The van der Waals surface area contributed by atoms with Crippen molar-refractivity contribution < 1.29 is 4.74 Å². The van der Waals surface area contributed by atoms with Crippen molar-refractivity contribution in [2.75, 3.05) is 6.61 Å². The van der Waals surface area contributed by atoms with E-state index < -0.39 is 0 Å². The van der Waals surface area contributed by atoms with E-state index in [0.29, 0.717) is 13.0 Å². The van der Waals surface area contributed by atoms with Crippen molar-refractivity contribution in [2.45, 2.75) is 32.2 Å². The van der Waals surface area contributed by atoms with Gasteiger partial charge in [0.1, 0.15) is 5.75 Å². The van der Waals surface area contributed by atoms with Crippen LogP contribution in [0.4, 0.5) is 0 Å². The van der Waals surface area contributed by atoms with Gasteiger partial charge in [0.05, 0.1) is 12.7 Å². The zero-order chi connectivity index (χ0) is 12.3. The van der Waals surface area contributed by atoms with Crippen LogP contribution in [0.15, 0.2) is 24.3 Å². The normalized spacial score (nSPS) is 18.2. The van der Waals surface area contributed by atoms with Crippen LogP contribution < -0.4 is 10.5 Å². The molecule has 3 heteroatoms. The maximum atomic E-state index is 8.76. The highest BCUT2D eigenvalue weighted by Gasteiger charge is 2.43. The van der Waals surface area contributed by atoms with Crippen molar-refractivity contribution in [1.82, 2.24) is 0 Å². The van der Waals surface area contributed by atoms with Crippen LogP contribution in [0.1, 0.15) is 37.8 Å². The number of para-hydroxylation sites is 1. The lowest BCUT2D eigenvalue weighted by Crippen LogP contribution is -2.15. The first-order chi connectivity index (χ1) is 8.17. The standard InChI is InChI=1S/C14H18N2O/c1-11(16)12-4-2-3-5-13(12)17-10-14(6-7-14)8-9-15/h2-5,11H,6-8,10,16H2,1H3. The highest BCUT2D eigenvalue weighted by molar-refractivity contribution is 5.35. The van der Waals surface area contributed by atoms with Gasteiger partial charge in [0.25, 0.3) is 0 Å². The van der Waals surface area contributed by atoms with E-state index in [-0.39, 0.29) is 11.5 Å². The lowest BCUT2D eigenvalue weighted by molar-refractivity contribution is 0.234. The van der Waals surface area contributed by atoms with Crippen LogP contribution >= 0.6 is 0 Å². The smallest absolute Gasteiger partial charge is 0.124 e. The van der Waals surface area contributed by atoms with Gasteiger partial charge in [0.15, 0.2) is 0 Å². The molecule has 0 heterocycles. The van der Waals surface area contributed by atoms with E-state index in [4.69, 9.17) is 15.7 Å². The molecule has 1 aromatic rings. The number of hydrogen-bond acceptors (Lipinski definition) is 3. The van der Waals surface area contributed by atoms with Gasteiger partial charge in [0, 0.05) is 23.4 Å². The van der Waals surface area contributed by atoms with Gasteiger partial charge in [-0.2, -0.15) is 5.26 Å². The Labute approximate surface area is 102 Å². The minimum absolute atomic E-state index is 0.0303. The second kappa shape index (κ2) is 4.77. The number of benzene rings is 1. The van der Waals surface area contributed by atoms with Crippen molar-refractivity contribution in [2.24, 2.45) is 11.1 Å². The largest absolute Gasteiger partial charge is 0.493 e. The minimum atomic E-state index is -0.0303. The number of nitrogens with two attached hydrogens (primary N) is 1. The van der Waals surface area contributed by atoms with E-state index in [1.807, 2.05) is 31.2 Å². The minimum Gasteiger partial charge on any atom is -0.493 e. The molecule has 0 radical (unpaired) electrons. The molecule has 3 nitrogen and oxygen atoms in total. The molecule has 1 fully saturated rings. The average Bonchev–Trinajstić information content (AvgIpc) is 3.08. The number of ether oxygens (including phenoxy) is 1. The summed E-state index contributed by atoms with van der Waals surface area (Å²) in [6.45, 7) is 2.58. The molecule has 1 saturated carbocycles. The Morgan fingerprint density at radius 1 is 1.47 bits per heavy atom. The third kappa shape index (κ3) is 2.78. The molecular weight excluding hydrogens is 212 g/mol. The molecule has 1 aliphatic carbocycles. The van der Waals surface area contributed by atoms with Gasteiger partial charge in [-0.25, -0.2) is 0 Å². The summed E-state index contributed by atoms with van der Waals surface area (Å²) in [5.41, 5.74) is 7.03. The fourth-order valence-electron chi connectivity index (χ4n) is 1.94. The van der Waals surface area contributed by atoms with Gasteiger partial charge >= 0.3 is 0 Å². The zero-order valence-electron chi connectivity index (χ0n) is 10.1. The summed E-state index contributed by atoms with van der Waals surface area (Å²) in [6, 6.07) is 10.1.